The maximum absolute atomic E-state index is 11.4. The van der Waals surface area contributed by atoms with Crippen LogP contribution in [0.25, 0.3) is 0 Å². The molecule has 0 saturated carbocycles. The Kier molecular flexibility index (Phi) is 3.51. The summed E-state index contributed by atoms with van der Waals surface area (Å²) in [6, 6.07) is 6.34. The number of nitrogens with zero attached hydrogens (tertiary/aromatic N) is 2. The van der Waals surface area contributed by atoms with Gasteiger partial charge < -0.3 is 0 Å². The van der Waals surface area contributed by atoms with Gasteiger partial charge in [0.15, 0.2) is 0 Å². The van der Waals surface area contributed by atoms with Crippen LogP contribution in [-0.4, -0.2) is 16.0 Å². The Morgan fingerprint density at radius 3 is 2.82 bits per heavy atom. The summed E-state index contributed by atoms with van der Waals surface area (Å²) < 4.78 is 0. The van der Waals surface area contributed by atoms with Crippen LogP contribution in [0.3, 0.4) is 0 Å². The Morgan fingerprint density at radius 2 is 2.18 bits per heavy atom. The van der Waals surface area contributed by atoms with Crippen LogP contribution in [0.15, 0.2) is 36.7 Å². The lowest BCUT2D eigenvalue weighted by atomic mass is 10.3. The predicted octanol–water partition coefficient (Wildman–Crippen LogP) is 2.85. The summed E-state index contributed by atoms with van der Waals surface area (Å²) in [6.45, 7) is 0. The quantitative estimate of drug-likeness (QED) is 0.914. The largest absolute Gasteiger partial charge is 0.437 e. The van der Waals surface area contributed by atoms with Crippen molar-refractivity contribution in [3.8, 4) is 0 Å². The smallest absolute Gasteiger partial charge is 0.299 e. The minimum absolute atomic E-state index is 0.351. The molecule has 88 valence electrons. The SMILES string of the molecule is O=C(Nc1ccc(Cl)c(Cl)c1)On1cccn1. The number of nitrogens with one attached hydrogen (secondary N) is 1. The highest BCUT2D eigenvalue weighted by Crippen LogP contribution is 2.24. The van der Waals surface area contributed by atoms with Crippen LogP contribution in [0.1, 0.15) is 0 Å². The monoisotopic (exact) mass is 271 g/mol. The van der Waals surface area contributed by atoms with Gasteiger partial charge in [0, 0.05) is 5.69 Å². The molecule has 0 atom stereocenters. The highest BCUT2D eigenvalue weighted by atomic mass is 35.5. The van der Waals surface area contributed by atoms with E-state index < -0.39 is 6.09 Å². The van der Waals surface area contributed by atoms with E-state index in [1.807, 2.05) is 0 Å². The van der Waals surface area contributed by atoms with Gasteiger partial charge in [0.1, 0.15) is 0 Å². The molecule has 1 aromatic carbocycles. The normalized spacial score (nSPS) is 10.0. The van der Waals surface area contributed by atoms with Gasteiger partial charge in [-0.05, 0) is 24.3 Å². The Bertz CT molecular complexity index is 528. The molecule has 0 spiro atoms. The van der Waals surface area contributed by atoms with Gasteiger partial charge in [0.2, 0.25) is 0 Å². The number of hydrogen-bond donors (Lipinski definition) is 1. The third kappa shape index (κ3) is 3.12. The summed E-state index contributed by atoms with van der Waals surface area (Å²) in [5.74, 6) is 0. The number of benzene rings is 1. The molecule has 0 unspecified atom stereocenters. The van der Waals surface area contributed by atoms with Crippen molar-refractivity contribution < 1.29 is 9.63 Å². The van der Waals surface area contributed by atoms with Crippen LogP contribution < -0.4 is 10.2 Å². The second-order valence-corrected chi connectivity index (χ2v) is 3.86. The lowest BCUT2D eigenvalue weighted by Crippen LogP contribution is -2.25. The van der Waals surface area contributed by atoms with Crippen LogP contribution in [0.5, 0.6) is 0 Å². The van der Waals surface area contributed by atoms with Crippen LogP contribution in [-0.2, 0) is 0 Å². The van der Waals surface area contributed by atoms with Crippen molar-refractivity contribution in [3.05, 3.63) is 46.7 Å². The van der Waals surface area contributed by atoms with E-state index in [1.54, 1.807) is 18.2 Å². The maximum atomic E-state index is 11.4. The second-order valence-electron chi connectivity index (χ2n) is 3.04. The topological polar surface area (TPSA) is 56.1 Å². The van der Waals surface area contributed by atoms with E-state index >= 15 is 0 Å². The average molecular weight is 272 g/mol. The van der Waals surface area contributed by atoms with Gasteiger partial charge in [0.05, 0.1) is 22.4 Å². The molecule has 2 rings (SSSR count). The Balaban J connectivity index is 2.00. The van der Waals surface area contributed by atoms with Crippen molar-refractivity contribution in [1.82, 2.24) is 9.94 Å². The molecule has 0 radical (unpaired) electrons. The molecule has 0 saturated heterocycles. The molecule has 2 aromatic rings. The third-order valence-electron chi connectivity index (χ3n) is 1.82. The number of rotatable bonds is 2. The van der Waals surface area contributed by atoms with Crippen molar-refractivity contribution in [2.75, 3.05) is 5.32 Å². The van der Waals surface area contributed by atoms with Crippen molar-refractivity contribution in [2.24, 2.45) is 0 Å². The van der Waals surface area contributed by atoms with Gasteiger partial charge in [0.25, 0.3) is 0 Å². The van der Waals surface area contributed by atoms with Gasteiger partial charge in [-0.1, -0.05) is 28.0 Å². The molecule has 0 bridgehead atoms. The Labute approximate surface area is 107 Å². The maximum Gasteiger partial charge on any atom is 0.437 e. The van der Waals surface area contributed by atoms with E-state index in [0.717, 1.165) is 4.85 Å². The molecule has 0 aliphatic carbocycles. The molecule has 1 aromatic heterocycles. The molecule has 17 heavy (non-hydrogen) atoms. The van der Waals surface area contributed by atoms with E-state index in [2.05, 4.69) is 10.4 Å². The molecular weight excluding hydrogens is 265 g/mol. The van der Waals surface area contributed by atoms with Gasteiger partial charge in [-0.2, -0.15) is 0 Å². The Hall–Kier alpha value is -1.72. The fraction of sp³-hybridized carbons (Fsp3) is 0. The number of carbonyl (C=O) groups excluding carboxylic acids is 1. The van der Waals surface area contributed by atoms with Crippen molar-refractivity contribution in [1.29, 1.82) is 0 Å². The van der Waals surface area contributed by atoms with Crippen LogP contribution in [0, 0.1) is 0 Å². The summed E-state index contributed by atoms with van der Waals surface area (Å²) in [7, 11) is 0. The van der Waals surface area contributed by atoms with E-state index in [9.17, 15) is 4.79 Å². The number of aromatic nitrogens is 2. The highest BCUT2D eigenvalue weighted by molar-refractivity contribution is 6.42. The standard InChI is InChI=1S/C10H7Cl2N3O2/c11-8-3-2-7(6-9(8)12)14-10(16)17-15-5-1-4-13-15/h1-6H,(H,14,16). The molecule has 0 fully saturated rings. The minimum Gasteiger partial charge on any atom is -0.299 e. The molecule has 0 aliphatic rings. The lowest BCUT2D eigenvalue weighted by Gasteiger charge is -2.06. The van der Waals surface area contributed by atoms with Gasteiger partial charge in [-0.15, -0.1) is 5.10 Å². The highest BCUT2D eigenvalue weighted by Gasteiger charge is 2.06. The molecule has 1 N–H and O–H groups in total. The summed E-state index contributed by atoms with van der Waals surface area (Å²) in [6.07, 6.45) is 2.31. The summed E-state index contributed by atoms with van der Waals surface area (Å²) in [4.78, 5) is 17.2. The number of hydrogen-bond acceptors (Lipinski definition) is 3. The summed E-state index contributed by atoms with van der Waals surface area (Å²) in [5, 5.41) is 6.96. The van der Waals surface area contributed by atoms with Crippen LogP contribution >= 0.6 is 23.2 Å². The molecule has 0 aliphatic heterocycles. The number of anilines is 1. The van der Waals surface area contributed by atoms with Crippen molar-refractivity contribution >= 4 is 35.0 Å². The van der Waals surface area contributed by atoms with E-state index in [4.69, 9.17) is 28.0 Å². The zero-order chi connectivity index (χ0) is 12.3. The zero-order valence-electron chi connectivity index (χ0n) is 8.43. The van der Waals surface area contributed by atoms with E-state index in [1.165, 1.54) is 18.5 Å². The first-order chi connectivity index (χ1) is 8.15. The first-order valence-corrected chi connectivity index (χ1v) is 5.35. The third-order valence-corrected chi connectivity index (χ3v) is 2.56. The van der Waals surface area contributed by atoms with Crippen molar-refractivity contribution in [2.45, 2.75) is 0 Å². The Morgan fingerprint density at radius 1 is 1.35 bits per heavy atom. The van der Waals surface area contributed by atoms with E-state index in [-0.39, 0.29) is 0 Å². The lowest BCUT2D eigenvalue weighted by molar-refractivity contribution is 0.130. The number of halogens is 2. The zero-order valence-corrected chi connectivity index (χ0v) is 9.94. The molecule has 5 nitrogen and oxygen atoms in total. The first kappa shape index (κ1) is 11.8. The summed E-state index contributed by atoms with van der Waals surface area (Å²) in [5.41, 5.74) is 0.483. The molecule has 1 heterocycles. The molecular formula is C10H7Cl2N3O2. The fourth-order valence-corrected chi connectivity index (χ4v) is 1.41. The van der Waals surface area contributed by atoms with Crippen LogP contribution in [0.2, 0.25) is 10.0 Å². The molecule has 1 amide bonds. The summed E-state index contributed by atoms with van der Waals surface area (Å²) >= 11 is 11.5. The predicted molar refractivity (Wildman–Crippen MR) is 64.3 cm³/mol. The number of amides is 1. The average Bonchev–Trinajstić information content (AvgIpc) is 2.76. The first-order valence-electron chi connectivity index (χ1n) is 4.59. The van der Waals surface area contributed by atoms with Crippen LogP contribution in [0.4, 0.5) is 10.5 Å². The van der Waals surface area contributed by atoms with Gasteiger partial charge >= 0.3 is 6.09 Å². The van der Waals surface area contributed by atoms with E-state index in [0.29, 0.717) is 15.7 Å². The minimum atomic E-state index is -0.674. The number of carbonyl (C=O) groups is 1. The fourth-order valence-electron chi connectivity index (χ4n) is 1.11. The van der Waals surface area contributed by atoms with Crippen molar-refractivity contribution in [3.63, 3.8) is 0 Å². The molecule has 7 heteroatoms. The second kappa shape index (κ2) is 5.07. The van der Waals surface area contributed by atoms with Gasteiger partial charge in [-0.25, -0.2) is 4.79 Å². The van der Waals surface area contributed by atoms with Gasteiger partial charge in [-0.3, -0.25) is 10.2 Å².